The lowest BCUT2D eigenvalue weighted by atomic mass is 10.1. The summed E-state index contributed by atoms with van der Waals surface area (Å²) >= 11 is 7.20. The van der Waals surface area contributed by atoms with Crippen LogP contribution in [0.2, 0.25) is 5.02 Å². The summed E-state index contributed by atoms with van der Waals surface area (Å²) in [6.07, 6.45) is 3.57. The van der Waals surface area contributed by atoms with Gasteiger partial charge in [-0.3, -0.25) is 4.79 Å². The van der Waals surface area contributed by atoms with Crippen molar-refractivity contribution in [3.05, 3.63) is 47.2 Å². The molecule has 0 radical (unpaired) electrons. The maximum atomic E-state index is 11.9. The molecule has 3 nitrogen and oxygen atoms in total. The molecule has 2 rings (SSSR count). The Morgan fingerprint density at radius 1 is 1.39 bits per heavy atom. The predicted octanol–water partition coefficient (Wildman–Crippen LogP) is 3.47. The minimum Gasteiger partial charge on any atom is -0.329 e. The van der Waals surface area contributed by atoms with Gasteiger partial charge >= 0.3 is 0 Å². The molecule has 18 heavy (non-hydrogen) atoms. The van der Waals surface area contributed by atoms with Gasteiger partial charge in [0.15, 0.2) is 10.9 Å². The Morgan fingerprint density at radius 2 is 2.06 bits per heavy atom. The van der Waals surface area contributed by atoms with E-state index in [1.54, 1.807) is 30.5 Å². The number of nitrogens with zero attached hydrogens (tertiary/aromatic N) is 2. The minimum atomic E-state index is 0. The van der Waals surface area contributed by atoms with E-state index in [1.165, 1.54) is 11.8 Å². The number of benzene rings is 1. The number of imidazole rings is 1. The molecule has 0 saturated heterocycles. The van der Waals surface area contributed by atoms with Crippen molar-refractivity contribution in [2.45, 2.75) is 5.16 Å². The van der Waals surface area contributed by atoms with E-state index >= 15 is 0 Å². The highest BCUT2D eigenvalue weighted by Crippen LogP contribution is 2.17. The number of rotatable bonds is 4. The van der Waals surface area contributed by atoms with Crippen LogP contribution in [-0.2, 0) is 7.05 Å². The van der Waals surface area contributed by atoms with Crippen molar-refractivity contribution >= 4 is 41.6 Å². The summed E-state index contributed by atoms with van der Waals surface area (Å²) < 4.78 is 1.89. The number of halogens is 2. The molecule has 1 aromatic carbocycles. The van der Waals surface area contributed by atoms with Crippen molar-refractivity contribution in [1.29, 1.82) is 0 Å². The number of carbonyl (C=O) groups is 1. The minimum absolute atomic E-state index is 0. The molecular formula is C12H12Cl2N2OS. The van der Waals surface area contributed by atoms with Crippen LogP contribution < -0.4 is 0 Å². The number of hydrogen-bond donors (Lipinski definition) is 0. The Labute approximate surface area is 121 Å². The normalized spacial score (nSPS) is 9.89. The summed E-state index contributed by atoms with van der Waals surface area (Å²) in [4.78, 5) is 16.0. The lowest BCUT2D eigenvalue weighted by Gasteiger charge is -2.01. The smallest absolute Gasteiger partial charge is 0.173 e. The lowest BCUT2D eigenvalue weighted by Crippen LogP contribution is -2.03. The second-order valence-electron chi connectivity index (χ2n) is 3.54. The van der Waals surface area contributed by atoms with Gasteiger partial charge in [0, 0.05) is 30.0 Å². The van der Waals surface area contributed by atoms with E-state index in [0.717, 1.165) is 5.16 Å². The number of ketones is 1. The third kappa shape index (κ3) is 3.77. The standard InChI is InChI=1S/C12H11ClN2OS.ClH/c1-15-7-6-14-12(15)17-8-11(16)9-2-4-10(13)5-3-9;/h2-7H,8H2,1H3;1H. The van der Waals surface area contributed by atoms with Gasteiger partial charge in [-0.05, 0) is 24.3 Å². The molecule has 0 aliphatic carbocycles. The van der Waals surface area contributed by atoms with Gasteiger partial charge in [0.1, 0.15) is 0 Å². The Bertz CT molecular complexity index is 525. The maximum Gasteiger partial charge on any atom is 0.173 e. The molecule has 0 saturated carbocycles. The molecule has 0 bridgehead atoms. The average Bonchev–Trinajstić information content (AvgIpc) is 2.73. The van der Waals surface area contributed by atoms with E-state index in [-0.39, 0.29) is 18.2 Å². The van der Waals surface area contributed by atoms with E-state index in [9.17, 15) is 4.79 Å². The van der Waals surface area contributed by atoms with Crippen molar-refractivity contribution in [1.82, 2.24) is 9.55 Å². The number of aryl methyl sites for hydroxylation is 1. The van der Waals surface area contributed by atoms with Gasteiger partial charge in [-0.2, -0.15) is 0 Å². The van der Waals surface area contributed by atoms with Gasteiger partial charge in [-0.15, -0.1) is 12.4 Å². The highest BCUT2D eigenvalue weighted by Gasteiger charge is 2.08. The first-order valence-electron chi connectivity index (χ1n) is 5.05. The second-order valence-corrected chi connectivity index (χ2v) is 4.92. The largest absolute Gasteiger partial charge is 0.329 e. The van der Waals surface area contributed by atoms with E-state index in [2.05, 4.69) is 4.98 Å². The molecule has 0 amide bonds. The van der Waals surface area contributed by atoms with Gasteiger partial charge in [-0.25, -0.2) is 4.98 Å². The van der Waals surface area contributed by atoms with E-state index in [4.69, 9.17) is 11.6 Å². The molecule has 6 heteroatoms. The summed E-state index contributed by atoms with van der Waals surface area (Å²) in [5, 5.41) is 1.48. The molecule has 2 aromatic rings. The molecular weight excluding hydrogens is 291 g/mol. The summed E-state index contributed by atoms with van der Waals surface area (Å²) in [7, 11) is 1.90. The van der Waals surface area contributed by atoms with Crippen LogP contribution in [0.5, 0.6) is 0 Å². The molecule has 0 aliphatic heterocycles. The fourth-order valence-electron chi connectivity index (χ4n) is 1.34. The zero-order chi connectivity index (χ0) is 12.3. The second kappa shape index (κ2) is 6.83. The number of aromatic nitrogens is 2. The third-order valence-electron chi connectivity index (χ3n) is 2.28. The fraction of sp³-hybridized carbons (Fsp3) is 0.167. The number of hydrogen-bond acceptors (Lipinski definition) is 3. The van der Waals surface area contributed by atoms with Crippen LogP contribution in [-0.4, -0.2) is 21.1 Å². The molecule has 0 aliphatic rings. The third-order valence-corrected chi connectivity index (χ3v) is 3.59. The van der Waals surface area contributed by atoms with Crippen LogP contribution in [0, 0.1) is 0 Å². The average molecular weight is 303 g/mol. The Kier molecular flexibility index (Phi) is 5.72. The van der Waals surface area contributed by atoms with E-state index in [0.29, 0.717) is 16.3 Å². The molecule has 0 N–H and O–H groups in total. The zero-order valence-electron chi connectivity index (χ0n) is 9.67. The molecule has 1 aromatic heterocycles. The van der Waals surface area contributed by atoms with Crippen LogP contribution in [0.15, 0.2) is 41.8 Å². The van der Waals surface area contributed by atoms with Gasteiger partial charge in [-0.1, -0.05) is 23.4 Å². The van der Waals surface area contributed by atoms with Crippen LogP contribution in [0.25, 0.3) is 0 Å². The van der Waals surface area contributed by atoms with Crippen molar-refractivity contribution in [3.63, 3.8) is 0 Å². The van der Waals surface area contributed by atoms with Gasteiger partial charge in [0.05, 0.1) is 5.75 Å². The summed E-state index contributed by atoms with van der Waals surface area (Å²) in [6.45, 7) is 0. The quantitative estimate of drug-likeness (QED) is 0.641. The van der Waals surface area contributed by atoms with Crippen molar-refractivity contribution in [2.24, 2.45) is 7.05 Å². The van der Waals surface area contributed by atoms with Gasteiger partial charge in [0.2, 0.25) is 0 Å². The van der Waals surface area contributed by atoms with Crippen LogP contribution in [0.1, 0.15) is 10.4 Å². The highest BCUT2D eigenvalue weighted by molar-refractivity contribution is 7.99. The Balaban J connectivity index is 0.00000162. The van der Waals surface area contributed by atoms with E-state index < -0.39 is 0 Å². The Morgan fingerprint density at radius 3 is 2.61 bits per heavy atom. The number of thioether (sulfide) groups is 1. The molecule has 96 valence electrons. The monoisotopic (exact) mass is 302 g/mol. The Hall–Kier alpha value is -0.970. The zero-order valence-corrected chi connectivity index (χ0v) is 12.1. The fourth-order valence-corrected chi connectivity index (χ4v) is 2.29. The van der Waals surface area contributed by atoms with E-state index in [1.807, 2.05) is 17.8 Å². The maximum absolute atomic E-state index is 11.9. The van der Waals surface area contributed by atoms with Crippen LogP contribution in [0.3, 0.4) is 0 Å². The summed E-state index contributed by atoms with van der Waals surface area (Å²) in [6, 6.07) is 6.92. The number of carbonyl (C=O) groups excluding carboxylic acids is 1. The molecule has 0 unspecified atom stereocenters. The van der Waals surface area contributed by atoms with Crippen LogP contribution >= 0.6 is 35.8 Å². The van der Waals surface area contributed by atoms with Crippen molar-refractivity contribution in [2.75, 3.05) is 5.75 Å². The highest BCUT2D eigenvalue weighted by atomic mass is 35.5. The first kappa shape index (κ1) is 15.1. The first-order valence-corrected chi connectivity index (χ1v) is 6.42. The molecule has 0 fully saturated rings. The van der Waals surface area contributed by atoms with Crippen molar-refractivity contribution < 1.29 is 4.79 Å². The lowest BCUT2D eigenvalue weighted by molar-refractivity contribution is 0.102. The number of Topliss-reactive ketones (excluding diaryl/α,β-unsaturated/α-hetero) is 1. The van der Waals surface area contributed by atoms with Crippen molar-refractivity contribution in [3.8, 4) is 0 Å². The summed E-state index contributed by atoms with van der Waals surface area (Å²) in [5.74, 6) is 0.460. The van der Waals surface area contributed by atoms with Gasteiger partial charge < -0.3 is 4.57 Å². The van der Waals surface area contributed by atoms with Crippen LogP contribution in [0.4, 0.5) is 0 Å². The van der Waals surface area contributed by atoms with Gasteiger partial charge in [0.25, 0.3) is 0 Å². The molecule has 0 spiro atoms. The predicted molar refractivity (Wildman–Crippen MR) is 77.0 cm³/mol. The first-order chi connectivity index (χ1) is 8.16. The topological polar surface area (TPSA) is 34.9 Å². The SMILES string of the molecule is Cl.Cn1ccnc1SCC(=O)c1ccc(Cl)cc1. The summed E-state index contributed by atoms with van der Waals surface area (Å²) in [5.41, 5.74) is 0.677. The molecule has 1 heterocycles. The molecule has 0 atom stereocenters.